The summed E-state index contributed by atoms with van der Waals surface area (Å²) in [6.45, 7) is 1.58. The number of fused-ring (bicyclic) bond motifs is 1. The minimum absolute atomic E-state index is 0.0175. The number of benzene rings is 3. The molecule has 0 saturated heterocycles. The molecule has 0 unspecified atom stereocenters. The van der Waals surface area contributed by atoms with Gasteiger partial charge in [0.15, 0.2) is 11.7 Å². The fourth-order valence-electron chi connectivity index (χ4n) is 6.71. The predicted octanol–water partition coefficient (Wildman–Crippen LogP) is -0.713. The maximum Gasteiger partial charge on any atom is 0.274 e. The van der Waals surface area contributed by atoms with E-state index < -0.39 is 65.8 Å². The van der Waals surface area contributed by atoms with E-state index >= 15 is 0 Å². The second-order valence-corrected chi connectivity index (χ2v) is 14.7. The van der Waals surface area contributed by atoms with Gasteiger partial charge in [0.25, 0.3) is 5.91 Å². The van der Waals surface area contributed by atoms with Crippen LogP contribution in [0.4, 0.5) is 0 Å². The third kappa shape index (κ3) is 13.5. The number of aliphatic hydroxyl groups excluding tert-OH is 1. The van der Waals surface area contributed by atoms with Gasteiger partial charge in [-0.1, -0.05) is 84.1 Å². The number of hydrogen-bond donors (Lipinski definition) is 10. The summed E-state index contributed by atoms with van der Waals surface area (Å²) in [5.41, 5.74) is 26.0. The van der Waals surface area contributed by atoms with Crippen LogP contribution >= 0.6 is 0 Å². The first-order chi connectivity index (χ1) is 29.3. The maximum absolute atomic E-state index is 13.8. The number of aromatic nitrogens is 4. The number of carbonyl (C=O) groups is 5. The van der Waals surface area contributed by atoms with Crippen molar-refractivity contribution in [2.24, 2.45) is 27.9 Å². The van der Waals surface area contributed by atoms with Crippen LogP contribution in [0.3, 0.4) is 0 Å². The molecule has 0 aliphatic heterocycles. The van der Waals surface area contributed by atoms with Crippen LogP contribution in [0.5, 0.6) is 0 Å². The molecule has 0 aliphatic rings. The topological polar surface area (TPSA) is 317 Å². The highest BCUT2D eigenvalue weighted by Gasteiger charge is 2.31. The Labute approximate surface area is 352 Å². The molecule has 0 saturated carbocycles. The SMILES string of the molecule is C[C@@H](O)[C@H](NC(=O)[C@@H](N)Cc1c[nH]c2ccccc12)C(=O)N[C@@H](Cc1ccccc1)Cn1cc(C(=O)N[C@@H](CCCN=C(N)N)C(=O)N[C@@H](Cc2ccccc2)C(N)=O)nn1. The Morgan fingerprint density at radius 1 is 0.787 bits per heavy atom. The number of aliphatic hydroxyl groups is 1. The number of para-hydroxylation sites is 1. The monoisotopic (exact) mass is 835 g/mol. The van der Waals surface area contributed by atoms with Crippen molar-refractivity contribution in [3.63, 3.8) is 0 Å². The largest absolute Gasteiger partial charge is 0.391 e. The Balaban J connectivity index is 1.26. The van der Waals surface area contributed by atoms with Crippen LogP contribution in [0, 0.1) is 0 Å². The van der Waals surface area contributed by atoms with Crippen LogP contribution in [-0.4, -0.2) is 103 Å². The lowest BCUT2D eigenvalue weighted by molar-refractivity contribution is -0.132. The number of nitrogens with zero attached hydrogens (tertiary/aromatic N) is 4. The van der Waals surface area contributed by atoms with Gasteiger partial charge in [-0.25, -0.2) is 4.68 Å². The summed E-state index contributed by atoms with van der Waals surface area (Å²) >= 11 is 0. The highest BCUT2D eigenvalue weighted by Crippen LogP contribution is 2.19. The van der Waals surface area contributed by atoms with Crippen molar-refractivity contribution in [1.82, 2.24) is 41.2 Å². The Hall–Kier alpha value is -7.12. The van der Waals surface area contributed by atoms with Crippen molar-refractivity contribution in [2.75, 3.05) is 6.54 Å². The molecule has 0 aliphatic carbocycles. The van der Waals surface area contributed by atoms with E-state index in [0.717, 1.165) is 27.6 Å². The number of nitrogens with one attached hydrogen (secondary N) is 5. The molecule has 2 heterocycles. The van der Waals surface area contributed by atoms with Crippen molar-refractivity contribution in [3.8, 4) is 0 Å². The van der Waals surface area contributed by atoms with E-state index in [4.69, 9.17) is 22.9 Å². The summed E-state index contributed by atoms with van der Waals surface area (Å²) in [5, 5.41) is 30.5. The van der Waals surface area contributed by atoms with E-state index in [-0.39, 0.29) is 44.0 Å². The molecule has 5 aromatic rings. The number of H-pyrrole nitrogens is 1. The quantitative estimate of drug-likeness (QED) is 0.0236. The number of rotatable bonds is 22. The van der Waals surface area contributed by atoms with Gasteiger partial charge < -0.3 is 54.3 Å². The van der Waals surface area contributed by atoms with Crippen molar-refractivity contribution in [1.29, 1.82) is 0 Å². The van der Waals surface area contributed by atoms with E-state index in [0.29, 0.717) is 12.8 Å². The van der Waals surface area contributed by atoms with Gasteiger partial charge in [0, 0.05) is 30.1 Å². The number of aliphatic imine (C=N–C) groups is 1. The Kier molecular flexibility index (Phi) is 16.0. The molecule has 2 aromatic heterocycles. The number of primary amides is 1. The van der Waals surface area contributed by atoms with Gasteiger partial charge in [0.2, 0.25) is 23.6 Å². The number of hydrogen-bond acceptors (Lipinski definition) is 10. The van der Waals surface area contributed by atoms with Crippen molar-refractivity contribution in [2.45, 2.75) is 81.9 Å². The van der Waals surface area contributed by atoms with E-state index in [1.807, 2.05) is 60.7 Å². The molecule has 14 N–H and O–H groups in total. The molecule has 19 nitrogen and oxygen atoms in total. The second kappa shape index (κ2) is 21.8. The van der Waals surface area contributed by atoms with Crippen LogP contribution in [0.15, 0.2) is 102 Å². The maximum atomic E-state index is 13.8. The minimum Gasteiger partial charge on any atom is -0.391 e. The fraction of sp³-hybridized carbons (Fsp3) is 0.333. The molecule has 0 bridgehead atoms. The van der Waals surface area contributed by atoms with Crippen LogP contribution in [0.2, 0.25) is 0 Å². The number of aromatic amines is 1. The molecule has 61 heavy (non-hydrogen) atoms. The van der Waals surface area contributed by atoms with Crippen LogP contribution in [0.1, 0.15) is 46.9 Å². The van der Waals surface area contributed by atoms with Crippen molar-refractivity contribution >= 4 is 46.4 Å². The average molecular weight is 836 g/mol. The van der Waals surface area contributed by atoms with Crippen molar-refractivity contribution < 1.29 is 29.1 Å². The summed E-state index contributed by atoms with van der Waals surface area (Å²) in [7, 11) is 0. The number of amides is 5. The zero-order valence-corrected chi connectivity index (χ0v) is 33.7. The zero-order chi connectivity index (χ0) is 43.9. The standard InChI is InChI=1S/C42H53N13O6/c1-25(56)36(52-38(58)31(43)21-28-22-48-32-16-9-8-15-30(28)32)41(61)49-29(19-26-11-4-2-5-12-26)23-55-24-35(53-54-55)40(60)50-33(17-10-18-47-42(45)46)39(59)51-34(37(44)57)20-27-13-6-3-7-14-27/h2-9,11-16,22,24-25,29,31,33-34,36,48,56H,10,17-21,23,43H2,1H3,(H2,44,57)(H,49,61)(H,50,60)(H,51,59)(H,52,58)(H4,45,46,47)/t25-,29+,31+,33+,34+,36+/m1/s1. The van der Waals surface area contributed by atoms with Gasteiger partial charge in [-0.15, -0.1) is 5.10 Å². The first-order valence-corrected chi connectivity index (χ1v) is 19.8. The van der Waals surface area contributed by atoms with Gasteiger partial charge >= 0.3 is 0 Å². The molecular formula is C42H53N13O6. The van der Waals surface area contributed by atoms with Gasteiger partial charge in [0.1, 0.15) is 18.1 Å². The van der Waals surface area contributed by atoms with E-state index in [1.54, 1.807) is 30.5 Å². The van der Waals surface area contributed by atoms with E-state index in [9.17, 15) is 29.1 Å². The summed E-state index contributed by atoms with van der Waals surface area (Å²) in [5.74, 6) is -3.58. The third-order valence-corrected chi connectivity index (χ3v) is 9.87. The third-order valence-electron chi connectivity index (χ3n) is 9.87. The van der Waals surface area contributed by atoms with Crippen LogP contribution in [0.25, 0.3) is 10.9 Å². The first-order valence-electron chi connectivity index (χ1n) is 19.8. The summed E-state index contributed by atoms with van der Waals surface area (Å²) in [6.07, 6.45) is 2.87. The van der Waals surface area contributed by atoms with Gasteiger partial charge in [-0.2, -0.15) is 0 Å². The van der Waals surface area contributed by atoms with E-state index in [1.165, 1.54) is 17.8 Å². The van der Waals surface area contributed by atoms with Crippen LogP contribution < -0.4 is 44.2 Å². The minimum atomic E-state index is -1.35. The lowest BCUT2D eigenvalue weighted by Crippen LogP contribution is -2.58. The molecule has 0 fully saturated rings. The molecule has 322 valence electrons. The Morgan fingerprint density at radius 3 is 2.10 bits per heavy atom. The normalized spacial score (nSPS) is 14.1. The molecule has 6 atom stereocenters. The molecule has 3 aromatic carbocycles. The lowest BCUT2D eigenvalue weighted by Gasteiger charge is -2.26. The van der Waals surface area contributed by atoms with E-state index in [2.05, 4.69) is 41.6 Å². The highest BCUT2D eigenvalue weighted by atomic mass is 16.3. The Morgan fingerprint density at radius 2 is 1.44 bits per heavy atom. The van der Waals surface area contributed by atoms with Gasteiger partial charge in [0.05, 0.1) is 30.9 Å². The first kappa shape index (κ1) is 45.0. The number of carbonyl (C=O) groups excluding carboxylic acids is 5. The molecule has 5 rings (SSSR count). The predicted molar refractivity (Wildman–Crippen MR) is 228 cm³/mol. The summed E-state index contributed by atoms with van der Waals surface area (Å²) in [6, 6.07) is 20.6. The van der Waals surface area contributed by atoms with Crippen LogP contribution in [-0.2, 0) is 45.0 Å². The molecule has 0 spiro atoms. The highest BCUT2D eigenvalue weighted by molar-refractivity contribution is 5.97. The smallest absolute Gasteiger partial charge is 0.274 e. The molecule has 0 radical (unpaired) electrons. The molecule has 19 heteroatoms. The van der Waals surface area contributed by atoms with Gasteiger partial charge in [-0.05, 0) is 55.4 Å². The molecule has 5 amide bonds. The average Bonchev–Trinajstić information content (AvgIpc) is 3.88. The summed E-state index contributed by atoms with van der Waals surface area (Å²) < 4.78 is 1.35. The van der Waals surface area contributed by atoms with Crippen molar-refractivity contribution in [3.05, 3.63) is 120 Å². The number of nitrogens with two attached hydrogens (primary N) is 4. The van der Waals surface area contributed by atoms with Gasteiger partial charge in [-0.3, -0.25) is 29.0 Å². The molecular weight excluding hydrogens is 783 g/mol. The number of guanidine groups is 1. The summed E-state index contributed by atoms with van der Waals surface area (Å²) in [4.78, 5) is 73.6. The Bertz CT molecular complexity index is 2270. The lowest BCUT2D eigenvalue weighted by atomic mass is 10.0. The fourth-order valence-corrected chi connectivity index (χ4v) is 6.71. The zero-order valence-electron chi connectivity index (χ0n) is 33.7. The second-order valence-electron chi connectivity index (χ2n) is 14.7.